The number of rotatable bonds is 5. The van der Waals surface area contributed by atoms with Crippen LogP contribution in [0.5, 0.6) is 5.75 Å². The molecule has 0 radical (unpaired) electrons. The summed E-state index contributed by atoms with van der Waals surface area (Å²) in [5.41, 5.74) is 1.10. The number of carbonyl (C=O) groups is 2. The van der Waals surface area contributed by atoms with Gasteiger partial charge < -0.3 is 18.8 Å². The molecular formula is C19H23NO7S. The van der Waals surface area contributed by atoms with E-state index < -0.39 is 33.9 Å². The minimum atomic E-state index is -3.12. The number of benzene rings is 1. The van der Waals surface area contributed by atoms with E-state index in [1.165, 1.54) is 18.9 Å². The van der Waals surface area contributed by atoms with Gasteiger partial charge in [-0.3, -0.25) is 4.79 Å². The van der Waals surface area contributed by atoms with Gasteiger partial charge >= 0.3 is 5.97 Å². The maximum absolute atomic E-state index is 12.6. The first-order chi connectivity index (χ1) is 13.1. The summed E-state index contributed by atoms with van der Waals surface area (Å²) in [6, 6.07) is 4.77. The second kappa shape index (κ2) is 7.46. The van der Waals surface area contributed by atoms with Crippen molar-refractivity contribution >= 4 is 32.7 Å². The second-order valence-corrected chi connectivity index (χ2v) is 9.20. The summed E-state index contributed by atoms with van der Waals surface area (Å²) in [7, 11) is -0.0474. The van der Waals surface area contributed by atoms with Crippen LogP contribution in [0.1, 0.15) is 29.5 Å². The highest BCUT2D eigenvalue weighted by atomic mass is 32.2. The molecule has 2 heterocycles. The molecular weight excluding hydrogens is 386 g/mol. The first kappa shape index (κ1) is 20.2. The fourth-order valence-corrected chi connectivity index (χ4v) is 5.11. The molecule has 0 aliphatic carbocycles. The average Bonchev–Trinajstić information content (AvgIpc) is 3.19. The fourth-order valence-electron chi connectivity index (χ4n) is 3.33. The molecule has 1 saturated heterocycles. The standard InChI is InChI=1S/C19H23NO7S/c1-11-15-9-14(25-4)5-6-16(15)27-17(11)19(22)26-12(2)18(21)20(3)13-7-8-28(23,24)10-13/h5-6,9,12-13H,7-8,10H2,1-4H3/t12-,13-/m0/s1. The van der Waals surface area contributed by atoms with Crippen molar-refractivity contribution < 1.29 is 31.9 Å². The van der Waals surface area contributed by atoms with Crippen molar-refractivity contribution in [1.82, 2.24) is 4.90 Å². The van der Waals surface area contributed by atoms with Crippen molar-refractivity contribution in [2.45, 2.75) is 32.4 Å². The molecule has 8 nitrogen and oxygen atoms in total. The van der Waals surface area contributed by atoms with E-state index in [2.05, 4.69) is 0 Å². The SMILES string of the molecule is COc1ccc2oc(C(=O)O[C@@H](C)C(=O)N(C)[C@H]3CCS(=O)(=O)C3)c(C)c2c1. The Morgan fingerprint density at radius 3 is 2.64 bits per heavy atom. The lowest BCUT2D eigenvalue weighted by Gasteiger charge is -2.26. The van der Waals surface area contributed by atoms with E-state index in [4.69, 9.17) is 13.9 Å². The molecule has 0 saturated carbocycles. The normalized spacial score (nSPS) is 19.4. The molecule has 0 unspecified atom stereocenters. The van der Waals surface area contributed by atoms with Crippen molar-refractivity contribution in [2.75, 3.05) is 25.7 Å². The summed E-state index contributed by atoms with van der Waals surface area (Å²) in [5.74, 6) is -0.556. The predicted molar refractivity (Wildman–Crippen MR) is 102 cm³/mol. The molecule has 2 aromatic rings. The van der Waals surface area contributed by atoms with Crippen molar-refractivity contribution in [3.05, 3.63) is 29.5 Å². The zero-order chi connectivity index (χ0) is 20.6. The summed E-state index contributed by atoms with van der Waals surface area (Å²) in [4.78, 5) is 26.4. The highest BCUT2D eigenvalue weighted by molar-refractivity contribution is 7.91. The summed E-state index contributed by atoms with van der Waals surface area (Å²) < 4.78 is 39.3. The van der Waals surface area contributed by atoms with Gasteiger partial charge in [-0.05, 0) is 38.5 Å². The summed E-state index contributed by atoms with van der Waals surface area (Å²) in [6.07, 6.45) is -0.682. The molecule has 28 heavy (non-hydrogen) atoms. The number of methoxy groups -OCH3 is 1. The molecule has 0 N–H and O–H groups in total. The van der Waals surface area contributed by atoms with E-state index in [-0.39, 0.29) is 17.3 Å². The van der Waals surface area contributed by atoms with Crippen LogP contribution in [0.2, 0.25) is 0 Å². The van der Waals surface area contributed by atoms with Crippen LogP contribution >= 0.6 is 0 Å². The Kier molecular flexibility index (Phi) is 5.38. The molecule has 1 amide bonds. The molecule has 1 aromatic heterocycles. The van der Waals surface area contributed by atoms with Crippen molar-refractivity contribution in [2.24, 2.45) is 0 Å². The minimum absolute atomic E-state index is 0.0222. The molecule has 1 aliphatic rings. The average molecular weight is 409 g/mol. The number of esters is 1. The Morgan fingerprint density at radius 2 is 2.04 bits per heavy atom. The Hall–Kier alpha value is -2.55. The molecule has 0 spiro atoms. The van der Waals surface area contributed by atoms with Gasteiger partial charge in [-0.15, -0.1) is 0 Å². The van der Waals surface area contributed by atoms with Crippen molar-refractivity contribution in [3.8, 4) is 5.75 Å². The number of sulfone groups is 1. The maximum Gasteiger partial charge on any atom is 0.375 e. The topological polar surface area (TPSA) is 103 Å². The number of amides is 1. The van der Waals surface area contributed by atoms with Gasteiger partial charge in [0.05, 0.1) is 18.6 Å². The highest BCUT2D eigenvalue weighted by Crippen LogP contribution is 2.29. The van der Waals surface area contributed by atoms with Gasteiger partial charge in [0.25, 0.3) is 5.91 Å². The molecule has 1 fully saturated rings. The minimum Gasteiger partial charge on any atom is -0.497 e. The molecule has 3 rings (SSSR count). The smallest absolute Gasteiger partial charge is 0.375 e. The number of carbonyl (C=O) groups excluding carboxylic acids is 2. The maximum atomic E-state index is 12.6. The number of hydrogen-bond donors (Lipinski definition) is 0. The monoisotopic (exact) mass is 409 g/mol. The van der Waals surface area contributed by atoms with Crippen LogP contribution in [0.25, 0.3) is 11.0 Å². The Balaban J connectivity index is 1.72. The number of furan rings is 1. The third kappa shape index (κ3) is 3.84. The third-order valence-electron chi connectivity index (χ3n) is 5.06. The molecule has 0 bridgehead atoms. The van der Waals surface area contributed by atoms with Crippen LogP contribution in [-0.4, -0.2) is 63.0 Å². The summed E-state index contributed by atoms with van der Waals surface area (Å²) in [6.45, 7) is 3.19. The molecule has 2 atom stereocenters. The largest absolute Gasteiger partial charge is 0.497 e. The highest BCUT2D eigenvalue weighted by Gasteiger charge is 2.35. The lowest BCUT2D eigenvalue weighted by atomic mass is 10.1. The van der Waals surface area contributed by atoms with E-state index in [9.17, 15) is 18.0 Å². The first-order valence-electron chi connectivity index (χ1n) is 8.88. The first-order valence-corrected chi connectivity index (χ1v) is 10.7. The number of aryl methyl sites for hydroxylation is 1. The predicted octanol–water partition coefficient (Wildman–Crippen LogP) is 1.94. The van der Waals surface area contributed by atoms with Crippen LogP contribution in [-0.2, 0) is 19.4 Å². The van der Waals surface area contributed by atoms with E-state index in [1.807, 2.05) is 0 Å². The van der Waals surface area contributed by atoms with Gasteiger partial charge in [-0.25, -0.2) is 13.2 Å². The number of likely N-dealkylation sites (N-methyl/N-ethyl adjacent to an activating group) is 1. The third-order valence-corrected chi connectivity index (χ3v) is 6.81. The Morgan fingerprint density at radius 1 is 1.32 bits per heavy atom. The van der Waals surface area contributed by atoms with E-state index >= 15 is 0 Å². The van der Waals surface area contributed by atoms with Crippen LogP contribution in [0.4, 0.5) is 0 Å². The van der Waals surface area contributed by atoms with Gasteiger partial charge in [-0.2, -0.15) is 0 Å². The number of ether oxygens (including phenoxy) is 2. The van der Waals surface area contributed by atoms with Crippen molar-refractivity contribution in [3.63, 3.8) is 0 Å². The van der Waals surface area contributed by atoms with Gasteiger partial charge in [0.2, 0.25) is 5.76 Å². The zero-order valence-corrected chi connectivity index (χ0v) is 17.0. The summed E-state index contributed by atoms with van der Waals surface area (Å²) in [5, 5.41) is 0.721. The quantitative estimate of drug-likeness (QED) is 0.695. The van der Waals surface area contributed by atoms with Crippen molar-refractivity contribution in [1.29, 1.82) is 0 Å². The van der Waals surface area contributed by atoms with E-state index in [0.717, 1.165) is 5.39 Å². The molecule has 9 heteroatoms. The van der Waals surface area contributed by atoms with Crippen LogP contribution in [0.15, 0.2) is 22.6 Å². The molecule has 1 aliphatic heterocycles. The van der Waals surface area contributed by atoms with Gasteiger partial charge in [0, 0.05) is 24.0 Å². The fraction of sp³-hybridized carbons (Fsp3) is 0.474. The molecule has 1 aromatic carbocycles. The Labute approximate surface area is 163 Å². The van der Waals surface area contributed by atoms with Gasteiger partial charge in [-0.1, -0.05) is 0 Å². The van der Waals surface area contributed by atoms with Crippen LogP contribution in [0.3, 0.4) is 0 Å². The Bertz CT molecular complexity index is 1020. The lowest BCUT2D eigenvalue weighted by molar-refractivity contribution is -0.140. The van der Waals surface area contributed by atoms with E-state index in [0.29, 0.717) is 23.3 Å². The van der Waals surface area contributed by atoms with Gasteiger partial charge in [0.1, 0.15) is 11.3 Å². The van der Waals surface area contributed by atoms with Crippen LogP contribution < -0.4 is 4.74 Å². The van der Waals surface area contributed by atoms with E-state index in [1.54, 1.807) is 32.2 Å². The number of fused-ring (bicyclic) bond motifs is 1. The number of nitrogens with zero attached hydrogens (tertiary/aromatic N) is 1. The summed E-state index contributed by atoms with van der Waals surface area (Å²) >= 11 is 0. The second-order valence-electron chi connectivity index (χ2n) is 6.97. The lowest BCUT2D eigenvalue weighted by Crippen LogP contribution is -2.44. The van der Waals surface area contributed by atoms with Crippen LogP contribution in [0, 0.1) is 6.92 Å². The number of hydrogen-bond acceptors (Lipinski definition) is 7. The van der Waals surface area contributed by atoms with Gasteiger partial charge in [0.15, 0.2) is 15.9 Å². The molecule has 152 valence electrons. The zero-order valence-electron chi connectivity index (χ0n) is 16.2.